The third-order valence-electron chi connectivity index (χ3n) is 7.75. The Labute approximate surface area is 288 Å². The Morgan fingerprint density at radius 1 is 0.894 bits per heavy atom. The molecule has 0 aliphatic carbocycles. The predicted octanol–water partition coefficient (Wildman–Crippen LogP) is 8.16. The van der Waals surface area contributed by atoms with Crippen molar-refractivity contribution in [1.82, 2.24) is 14.8 Å². The van der Waals surface area contributed by atoms with Crippen molar-refractivity contribution in [2.75, 3.05) is 39.9 Å². The molecule has 3 aromatic carbocycles. The number of carbonyl (C=O) groups excluding carboxylic acids is 1. The monoisotopic (exact) mass is 673 g/mol. The molecular formula is C38H41Cl2N3O4. The van der Waals surface area contributed by atoms with Crippen molar-refractivity contribution in [3.63, 3.8) is 0 Å². The fraction of sp³-hybridized carbons (Fsp3) is 0.263. The van der Waals surface area contributed by atoms with Gasteiger partial charge in [-0.2, -0.15) is 0 Å². The van der Waals surface area contributed by atoms with Gasteiger partial charge in [0.1, 0.15) is 12.4 Å². The van der Waals surface area contributed by atoms with Crippen molar-refractivity contribution in [2.24, 2.45) is 0 Å². The maximum absolute atomic E-state index is 13.0. The van der Waals surface area contributed by atoms with E-state index in [9.17, 15) is 4.79 Å². The highest BCUT2D eigenvalue weighted by molar-refractivity contribution is 6.32. The van der Waals surface area contributed by atoms with E-state index in [2.05, 4.69) is 59.3 Å². The van der Waals surface area contributed by atoms with Gasteiger partial charge in [0.25, 0.3) is 0 Å². The van der Waals surface area contributed by atoms with Gasteiger partial charge in [0.05, 0.1) is 17.8 Å². The van der Waals surface area contributed by atoms with Gasteiger partial charge in [-0.3, -0.25) is 9.69 Å². The standard InChI is InChI=1S/C38H40ClN3O4.ClH/c1-28-6-8-32(9-7-28)27-45-34-15-16-36(40-25-34)46-38-29(2)23-33(24-35(38)39)14-17-37(43)42-20-18-41(19-21-42)26-31-12-10-30(11-13-31)5-4-22-44-3;/h4-17,23-25H,18-22,26-27H2,1-3H3;1H/b5-4+,17-14+;. The molecule has 1 amide bonds. The van der Waals surface area contributed by atoms with E-state index < -0.39 is 0 Å². The Balaban J connectivity index is 0.00000500. The van der Waals surface area contributed by atoms with Crippen LogP contribution in [0.5, 0.6) is 17.4 Å². The van der Waals surface area contributed by atoms with Crippen LogP contribution in [0.25, 0.3) is 12.2 Å². The third kappa shape index (κ3) is 10.7. The molecule has 2 heterocycles. The number of carbonyl (C=O) groups is 1. The number of hydrogen-bond donors (Lipinski definition) is 0. The van der Waals surface area contributed by atoms with Crippen LogP contribution in [0.2, 0.25) is 5.02 Å². The normalized spacial score (nSPS) is 13.6. The van der Waals surface area contributed by atoms with Crippen LogP contribution in [-0.2, 0) is 22.7 Å². The number of halogens is 2. The number of nitrogens with zero attached hydrogens (tertiary/aromatic N) is 3. The van der Waals surface area contributed by atoms with Gasteiger partial charge in [0.15, 0.2) is 5.75 Å². The molecule has 0 radical (unpaired) electrons. The zero-order valence-electron chi connectivity index (χ0n) is 27.0. The van der Waals surface area contributed by atoms with E-state index in [1.165, 1.54) is 11.1 Å². The van der Waals surface area contributed by atoms with Gasteiger partial charge in [-0.05, 0) is 65.9 Å². The van der Waals surface area contributed by atoms with Crippen molar-refractivity contribution in [3.05, 3.63) is 130 Å². The quantitative estimate of drug-likeness (QED) is 0.141. The molecule has 0 bridgehead atoms. The van der Waals surface area contributed by atoms with Crippen molar-refractivity contribution in [1.29, 1.82) is 0 Å². The SMILES string of the molecule is COC/C=C/c1ccc(CN2CCN(C(=O)/C=C/c3cc(C)c(Oc4ccc(OCc5ccc(C)cc5)cn4)c(Cl)c3)CC2)cc1.Cl. The Bertz CT molecular complexity index is 1630. The molecule has 0 N–H and O–H groups in total. The Morgan fingerprint density at radius 3 is 2.28 bits per heavy atom. The second kappa shape index (κ2) is 17.7. The highest BCUT2D eigenvalue weighted by atomic mass is 35.5. The number of amides is 1. The van der Waals surface area contributed by atoms with Crippen LogP contribution in [0.1, 0.15) is 33.4 Å². The molecule has 246 valence electrons. The first-order valence-electron chi connectivity index (χ1n) is 15.4. The molecule has 0 unspecified atom stereocenters. The Hall–Kier alpha value is -4.14. The van der Waals surface area contributed by atoms with Gasteiger partial charge in [-0.1, -0.05) is 77.8 Å². The lowest BCUT2D eigenvalue weighted by atomic mass is 10.1. The molecule has 0 atom stereocenters. The molecule has 1 aliphatic heterocycles. The van der Waals surface area contributed by atoms with Crippen LogP contribution in [0.3, 0.4) is 0 Å². The number of rotatable bonds is 12. The molecule has 0 spiro atoms. The molecule has 9 heteroatoms. The van der Waals surface area contributed by atoms with Gasteiger partial charge in [-0.25, -0.2) is 4.98 Å². The highest BCUT2D eigenvalue weighted by Gasteiger charge is 2.20. The predicted molar refractivity (Wildman–Crippen MR) is 192 cm³/mol. The highest BCUT2D eigenvalue weighted by Crippen LogP contribution is 2.34. The maximum atomic E-state index is 13.0. The third-order valence-corrected chi connectivity index (χ3v) is 8.04. The summed E-state index contributed by atoms with van der Waals surface area (Å²) in [6.07, 6.45) is 9.12. The molecule has 1 aromatic heterocycles. The lowest BCUT2D eigenvalue weighted by Crippen LogP contribution is -2.47. The number of aromatic nitrogens is 1. The zero-order valence-corrected chi connectivity index (χ0v) is 28.6. The smallest absolute Gasteiger partial charge is 0.246 e. The Kier molecular flexibility index (Phi) is 13.4. The van der Waals surface area contributed by atoms with Crippen LogP contribution in [0, 0.1) is 13.8 Å². The molecule has 47 heavy (non-hydrogen) atoms. The molecule has 7 nitrogen and oxygen atoms in total. The van der Waals surface area contributed by atoms with Crippen molar-refractivity contribution >= 4 is 42.1 Å². The van der Waals surface area contributed by atoms with Crippen LogP contribution in [0.4, 0.5) is 0 Å². The minimum atomic E-state index is -0.00478. The number of hydrogen-bond acceptors (Lipinski definition) is 6. The van der Waals surface area contributed by atoms with Crippen molar-refractivity contribution < 1.29 is 19.0 Å². The van der Waals surface area contributed by atoms with E-state index in [0.29, 0.717) is 48.7 Å². The first-order chi connectivity index (χ1) is 22.4. The van der Waals surface area contributed by atoms with Gasteiger partial charge < -0.3 is 19.1 Å². The average molecular weight is 675 g/mol. The van der Waals surface area contributed by atoms with E-state index in [1.807, 2.05) is 42.2 Å². The minimum Gasteiger partial charge on any atom is -0.487 e. The van der Waals surface area contributed by atoms with E-state index in [-0.39, 0.29) is 18.3 Å². The summed E-state index contributed by atoms with van der Waals surface area (Å²) in [5.74, 6) is 1.59. The first kappa shape index (κ1) is 35.7. The number of methoxy groups -OCH3 is 1. The summed E-state index contributed by atoms with van der Waals surface area (Å²) in [7, 11) is 1.69. The first-order valence-corrected chi connectivity index (χ1v) is 15.8. The summed E-state index contributed by atoms with van der Waals surface area (Å²) in [6.45, 7) is 8.97. The van der Waals surface area contributed by atoms with Gasteiger partial charge in [-0.15, -0.1) is 12.4 Å². The van der Waals surface area contributed by atoms with E-state index in [0.717, 1.165) is 41.9 Å². The van der Waals surface area contributed by atoms with E-state index >= 15 is 0 Å². The van der Waals surface area contributed by atoms with Crippen molar-refractivity contribution in [2.45, 2.75) is 27.0 Å². The van der Waals surface area contributed by atoms with Crippen LogP contribution in [0.15, 0.2) is 91.1 Å². The largest absolute Gasteiger partial charge is 0.487 e. The molecule has 4 aromatic rings. The van der Waals surface area contributed by atoms with Crippen LogP contribution < -0.4 is 9.47 Å². The molecule has 0 saturated carbocycles. The molecule has 1 aliphatic rings. The van der Waals surface area contributed by atoms with Crippen LogP contribution >= 0.6 is 24.0 Å². The number of aryl methyl sites for hydroxylation is 2. The number of piperazine rings is 1. The summed E-state index contributed by atoms with van der Waals surface area (Å²) < 4.78 is 16.9. The number of ether oxygens (including phenoxy) is 3. The molecule has 1 saturated heterocycles. The van der Waals surface area contributed by atoms with Gasteiger partial charge >= 0.3 is 0 Å². The summed E-state index contributed by atoms with van der Waals surface area (Å²) in [5.41, 5.74) is 6.39. The number of benzene rings is 3. The number of pyridine rings is 1. The summed E-state index contributed by atoms with van der Waals surface area (Å²) in [6, 6.07) is 24.1. The molecular weight excluding hydrogens is 633 g/mol. The fourth-order valence-corrected chi connectivity index (χ4v) is 5.44. The minimum absolute atomic E-state index is 0. The molecule has 1 fully saturated rings. The second-order valence-electron chi connectivity index (χ2n) is 11.4. The summed E-state index contributed by atoms with van der Waals surface area (Å²) in [4.78, 5) is 21.6. The van der Waals surface area contributed by atoms with Crippen LogP contribution in [-0.4, -0.2) is 60.6 Å². The van der Waals surface area contributed by atoms with E-state index in [4.69, 9.17) is 25.8 Å². The zero-order chi connectivity index (χ0) is 32.3. The second-order valence-corrected chi connectivity index (χ2v) is 11.8. The lowest BCUT2D eigenvalue weighted by molar-refractivity contribution is -0.127. The summed E-state index contributed by atoms with van der Waals surface area (Å²) in [5, 5.41) is 0.446. The van der Waals surface area contributed by atoms with Gasteiger partial charge in [0, 0.05) is 52.0 Å². The Morgan fingerprint density at radius 2 is 1.62 bits per heavy atom. The molecule has 5 rings (SSSR count). The van der Waals surface area contributed by atoms with Crippen molar-refractivity contribution in [3.8, 4) is 17.4 Å². The average Bonchev–Trinajstić information content (AvgIpc) is 3.07. The van der Waals surface area contributed by atoms with Gasteiger partial charge in [0.2, 0.25) is 11.8 Å². The fourth-order valence-electron chi connectivity index (χ4n) is 5.12. The topological polar surface area (TPSA) is 64.1 Å². The lowest BCUT2D eigenvalue weighted by Gasteiger charge is -2.34. The van der Waals surface area contributed by atoms with E-state index in [1.54, 1.807) is 37.6 Å². The summed E-state index contributed by atoms with van der Waals surface area (Å²) >= 11 is 6.61. The maximum Gasteiger partial charge on any atom is 0.246 e.